The fourth-order valence-electron chi connectivity index (χ4n) is 3.74. The second kappa shape index (κ2) is 7.30. The molecule has 0 radical (unpaired) electrons. The summed E-state index contributed by atoms with van der Waals surface area (Å²) in [5.41, 5.74) is 1.37. The van der Waals surface area contributed by atoms with Crippen LogP contribution in [0.1, 0.15) is 31.7 Å². The van der Waals surface area contributed by atoms with E-state index in [2.05, 4.69) is 64.7 Å². The summed E-state index contributed by atoms with van der Waals surface area (Å²) in [6, 6.07) is 10.7. The molecule has 0 aromatic heterocycles. The number of fused-ring (bicyclic) bond motifs is 1. The Balaban J connectivity index is 1.60. The van der Waals surface area contributed by atoms with Crippen molar-refractivity contribution in [3.8, 4) is 0 Å². The van der Waals surface area contributed by atoms with Crippen molar-refractivity contribution in [3.63, 3.8) is 0 Å². The van der Waals surface area contributed by atoms with Gasteiger partial charge in [-0.2, -0.15) is 0 Å². The summed E-state index contributed by atoms with van der Waals surface area (Å²) in [5.74, 6) is 1.10. The summed E-state index contributed by atoms with van der Waals surface area (Å²) in [6.07, 6.45) is 3.15. The number of carbonyl (C=O) groups is 1. The number of halogens is 1. The molecule has 1 aliphatic heterocycles. The molecule has 22 heavy (non-hydrogen) atoms. The number of alkyl halides is 1. The molecule has 0 spiro atoms. The molecule has 1 aromatic carbocycles. The molecular formula is C18H24INO2. The summed E-state index contributed by atoms with van der Waals surface area (Å²) >= 11 is 2.52. The lowest BCUT2D eigenvalue weighted by Crippen LogP contribution is -2.43. The number of hydrogen-bond donors (Lipinski definition) is 0. The van der Waals surface area contributed by atoms with Crippen LogP contribution in [0.2, 0.25) is 0 Å². The lowest BCUT2D eigenvalue weighted by molar-refractivity contribution is -0.142. The van der Waals surface area contributed by atoms with Crippen LogP contribution in [0.15, 0.2) is 30.3 Å². The molecular weight excluding hydrogens is 389 g/mol. The third kappa shape index (κ3) is 3.65. The van der Waals surface area contributed by atoms with Gasteiger partial charge in [-0.3, -0.25) is 9.69 Å². The van der Waals surface area contributed by atoms with Gasteiger partial charge in [0, 0.05) is 19.0 Å². The van der Waals surface area contributed by atoms with Crippen molar-refractivity contribution in [1.82, 2.24) is 4.90 Å². The second-order valence-electron chi connectivity index (χ2n) is 6.51. The van der Waals surface area contributed by atoms with Gasteiger partial charge in [0.25, 0.3) is 0 Å². The topological polar surface area (TPSA) is 29.5 Å². The molecule has 1 saturated carbocycles. The maximum absolute atomic E-state index is 11.5. The SMILES string of the molecule is CCN(Cc1ccccc1)C[C@H]1CC[C@@H]2CC(=O)O[C@@H]2[C@@H]1I. The van der Waals surface area contributed by atoms with E-state index in [9.17, 15) is 4.79 Å². The van der Waals surface area contributed by atoms with Crippen molar-refractivity contribution in [2.45, 2.75) is 42.8 Å². The molecule has 1 aromatic rings. The van der Waals surface area contributed by atoms with Crippen molar-refractivity contribution < 1.29 is 9.53 Å². The van der Waals surface area contributed by atoms with E-state index in [1.54, 1.807) is 0 Å². The third-order valence-corrected chi connectivity index (χ3v) is 6.75. The van der Waals surface area contributed by atoms with E-state index < -0.39 is 0 Å². The van der Waals surface area contributed by atoms with Crippen LogP contribution in [0.25, 0.3) is 0 Å². The Morgan fingerprint density at radius 1 is 1.27 bits per heavy atom. The highest BCUT2D eigenvalue weighted by Crippen LogP contribution is 2.41. The van der Waals surface area contributed by atoms with E-state index in [4.69, 9.17) is 4.74 Å². The molecule has 4 heteroatoms. The van der Waals surface area contributed by atoms with Crippen LogP contribution in [-0.2, 0) is 16.1 Å². The van der Waals surface area contributed by atoms with E-state index in [1.165, 1.54) is 12.0 Å². The number of esters is 1. The largest absolute Gasteiger partial charge is 0.461 e. The van der Waals surface area contributed by atoms with E-state index >= 15 is 0 Å². The Hall–Kier alpha value is -0.620. The fourth-order valence-corrected chi connectivity index (χ4v) is 5.07. The van der Waals surface area contributed by atoms with E-state index in [0.717, 1.165) is 26.1 Å². The molecule has 4 atom stereocenters. The van der Waals surface area contributed by atoms with Crippen molar-refractivity contribution in [3.05, 3.63) is 35.9 Å². The van der Waals surface area contributed by atoms with Crippen LogP contribution < -0.4 is 0 Å². The van der Waals surface area contributed by atoms with Crippen LogP contribution in [0.3, 0.4) is 0 Å². The summed E-state index contributed by atoms with van der Waals surface area (Å²) < 4.78 is 6.03. The number of ether oxygens (including phenoxy) is 1. The number of hydrogen-bond acceptors (Lipinski definition) is 3. The molecule has 0 N–H and O–H groups in total. The Morgan fingerprint density at radius 2 is 2.05 bits per heavy atom. The predicted octanol–water partition coefficient (Wildman–Crippen LogP) is 3.65. The number of nitrogens with zero attached hydrogens (tertiary/aromatic N) is 1. The molecule has 3 nitrogen and oxygen atoms in total. The van der Waals surface area contributed by atoms with Gasteiger partial charge in [0.15, 0.2) is 0 Å². The lowest BCUT2D eigenvalue weighted by Gasteiger charge is -2.37. The number of rotatable bonds is 5. The molecule has 0 unspecified atom stereocenters. The minimum atomic E-state index is 0.00829. The van der Waals surface area contributed by atoms with Crippen molar-refractivity contribution >= 4 is 28.6 Å². The zero-order valence-corrected chi connectivity index (χ0v) is 15.2. The van der Waals surface area contributed by atoms with Gasteiger partial charge in [0.2, 0.25) is 0 Å². The highest BCUT2D eigenvalue weighted by Gasteiger charge is 2.45. The van der Waals surface area contributed by atoms with Gasteiger partial charge in [0.1, 0.15) is 6.10 Å². The Labute approximate surface area is 146 Å². The van der Waals surface area contributed by atoms with Crippen LogP contribution in [0.4, 0.5) is 0 Å². The highest BCUT2D eigenvalue weighted by molar-refractivity contribution is 14.1. The minimum Gasteiger partial charge on any atom is -0.461 e. The Bertz CT molecular complexity index is 507. The van der Waals surface area contributed by atoms with Gasteiger partial charge in [0.05, 0.1) is 10.3 Å². The van der Waals surface area contributed by atoms with Crippen molar-refractivity contribution in [2.24, 2.45) is 11.8 Å². The zero-order chi connectivity index (χ0) is 15.5. The van der Waals surface area contributed by atoms with Gasteiger partial charge in [-0.15, -0.1) is 0 Å². The zero-order valence-electron chi connectivity index (χ0n) is 13.1. The third-order valence-electron chi connectivity index (χ3n) is 5.02. The molecule has 1 aliphatic carbocycles. The molecule has 0 amide bonds. The molecule has 2 fully saturated rings. The van der Waals surface area contributed by atoms with Gasteiger partial charge in [-0.05, 0) is 30.9 Å². The summed E-state index contributed by atoms with van der Waals surface area (Å²) in [6.45, 7) is 5.39. The first-order valence-corrected chi connectivity index (χ1v) is 9.51. The van der Waals surface area contributed by atoms with Crippen LogP contribution in [0, 0.1) is 11.8 Å². The first-order valence-electron chi connectivity index (χ1n) is 8.27. The smallest absolute Gasteiger partial charge is 0.306 e. The molecule has 3 rings (SSSR count). The summed E-state index contributed by atoms with van der Waals surface area (Å²) in [7, 11) is 0. The van der Waals surface area contributed by atoms with Crippen LogP contribution in [-0.4, -0.2) is 34.0 Å². The molecule has 1 heterocycles. The van der Waals surface area contributed by atoms with Crippen molar-refractivity contribution in [1.29, 1.82) is 0 Å². The standard InChI is InChI=1S/C18H24INO2/c1-2-20(11-13-6-4-3-5-7-13)12-15-9-8-14-10-16(21)22-18(14)17(15)19/h3-7,14-15,17-18H,2,8-12H2,1H3/t14-,15-,17-,18+/m1/s1. The fraction of sp³-hybridized carbons (Fsp3) is 0.611. The maximum atomic E-state index is 11.5. The monoisotopic (exact) mass is 413 g/mol. The molecule has 1 saturated heterocycles. The van der Waals surface area contributed by atoms with Crippen molar-refractivity contribution in [2.75, 3.05) is 13.1 Å². The summed E-state index contributed by atoms with van der Waals surface area (Å²) in [5, 5.41) is 0. The van der Waals surface area contributed by atoms with Gasteiger partial charge in [-0.25, -0.2) is 0 Å². The average Bonchev–Trinajstić information content (AvgIpc) is 2.91. The van der Waals surface area contributed by atoms with Gasteiger partial charge in [-0.1, -0.05) is 59.8 Å². The normalized spacial score (nSPS) is 31.1. The predicted molar refractivity (Wildman–Crippen MR) is 95.9 cm³/mol. The van der Waals surface area contributed by atoms with Crippen LogP contribution >= 0.6 is 22.6 Å². The lowest BCUT2D eigenvalue weighted by atomic mass is 9.79. The molecule has 2 aliphatic rings. The summed E-state index contributed by atoms with van der Waals surface area (Å²) in [4.78, 5) is 14.1. The van der Waals surface area contributed by atoms with Crippen LogP contribution in [0.5, 0.6) is 0 Å². The quantitative estimate of drug-likeness (QED) is 0.419. The maximum Gasteiger partial charge on any atom is 0.306 e. The van der Waals surface area contributed by atoms with E-state index in [1.807, 2.05) is 0 Å². The molecule has 0 bridgehead atoms. The van der Waals surface area contributed by atoms with E-state index in [0.29, 0.717) is 22.2 Å². The molecule has 120 valence electrons. The highest BCUT2D eigenvalue weighted by atomic mass is 127. The Morgan fingerprint density at radius 3 is 2.77 bits per heavy atom. The number of carbonyl (C=O) groups excluding carboxylic acids is 1. The number of benzene rings is 1. The average molecular weight is 413 g/mol. The first-order chi connectivity index (χ1) is 10.7. The van der Waals surface area contributed by atoms with E-state index in [-0.39, 0.29) is 12.1 Å². The van der Waals surface area contributed by atoms with Gasteiger partial charge < -0.3 is 4.74 Å². The second-order valence-corrected chi connectivity index (χ2v) is 7.95. The van der Waals surface area contributed by atoms with Gasteiger partial charge >= 0.3 is 5.97 Å². The minimum absolute atomic E-state index is 0.00829. The first kappa shape index (κ1) is 16.2. The Kier molecular flexibility index (Phi) is 5.39.